The van der Waals surface area contributed by atoms with E-state index in [1.54, 1.807) is 12.4 Å². The molecule has 4 nitrogen and oxygen atoms in total. The van der Waals surface area contributed by atoms with Crippen LogP contribution in [0.5, 0.6) is 0 Å². The second-order valence-corrected chi connectivity index (χ2v) is 14.1. The number of rotatable bonds is 5. The van der Waals surface area contributed by atoms with Gasteiger partial charge in [-0.25, -0.2) is 9.97 Å². The van der Waals surface area contributed by atoms with Crippen LogP contribution >= 0.6 is 0 Å². The highest BCUT2D eigenvalue weighted by molar-refractivity contribution is 7.06. The highest BCUT2D eigenvalue weighted by Crippen LogP contribution is 2.37. The molecular formula is C22H29N3OSi. The van der Waals surface area contributed by atoms with Crippen LogP contribution in [0.2, 0.25) is 18.1 Å². The number of benzene rings is 1. The van der Waals surface area contributed by atoms with E-state index in [1.165, 1.54) is 10.9 Å². The SMILES string of the molecule is Cc1cccc2c1cc(CCC(=O)[Si](C)(C)C(C)(C)C)n2-c1ncccn1. The highest BCUT2D eigenvalue weighted by atomic mass is 28.3. The quantitative estimate of drug-likeness (QED) is 0.567. The first kappa shape index (κ1) is 19.5. The number of carbonyl (C=O) groups is 1. The lowest BCUT2D eigenvalue weighted by atomic mass is 10.1. The van der Waals surface area contributed by atoms with E-state index < -0.39 is 8.07 Å². The molecule has 3 rings (SSSR count). The Hall–Kier alpha value is -2.27. The molecular weight excluding hydrogens is 350 g/mol. The molecule has 2 aromatic heterocycles. The number of aromatic nitrogens is 3. The Labute approximate surface area is 162 Å². The lowest BCUT2D eigenvalue weighted by Gasteiger charge is -2.35. The van der Waals surface area contributed by atoms with Gasteiger partial charge in [-0.2, -0.15) is 0 Å². The highest BCUT2D eigenvalue weighted by Gasteiger charge is 2.41. The average Bonchev–Trinajstić information content (AvgIpc) is 2.99. The van der Waals surface area contributed by atoms with Crippen LogP contribution in [-0.2, 0) is 11.2 Å². The molecule has 2 heterocycles. The normalized spacial score (nSPS) is 12.5. The second-order valence-electron chi connectivity index (χ2n) is 8.83. The Balaban J connectivity index is 2.00. The Morgan fingerprint density at radius 3 is 2.41 bits per heavy atom. The van der Waals surface area contributed by atoms with Gasteiger partial charge in [-0.05, 0) is 42.1 Å². The molecule has 0 spiro atoms. The van der Waals surface area contributed by atoms with E-state index in [0.717, 1.165) is 11.2 Å². The number of carbonyl (C=O) groups excluding carboxylic acids is 1. The van der Waals surface area contributed by atoms with Crippen molar-refractivity contribution in [2.75, 3.05) is 0 Å². The van der Waals surface area contributed by atoms with Crippen LogP contribution in [0, 0.1) is 6.92 Å². The first-order valence-corrected chi connectivity index (χ1v) is 12.5. The predicted molar refractivity (Wildman–Crippen MR) is 114 cm³/mol. The van der Waals surface area contributed by atoms with E-state index in [2.05, 4.69) is 79.6 Å². The van der Waals surface area contributed by atoms with E-state index >= 15 is 0 Å². The Morgan fingerprint density at radius 2 is 1.78 bits per heavy atom. The lowest BCUT2D eigenvalue weighted by Crippen LogP contribution is -2.46. The van der Waals surface area contributed by atoms with Gasteiger partial charge in [0, 0.05) is 29.9 Å². The first-order valence-electron chi connectivity index (χ1n) is 9.53. The number of fused-ring (bicyclic) bond motifs is 1. The molecule has 0 fully saturated rings. The summed E-state index contributed by atoms with van der Waals surface area (Å²) in [7, 11) is -1.99. The molecule has 0 bridgehead atoms. The predicted octanol–water partition coefficient (Wildman–Crippen LogP) is 5.28. The third kappa shape index (κ3) is 3.61. The summed E-state index contributed by atoms with van der Waals surface area (Å²) in [4.78, 5) is 21.9. The minimum atomic E-state index is -1.99. The Morgan fingerprint density at radius 1 is 1.11 bits per heavy atom. The van der Waals surface area contributed by atoms with Crippen LogP contribution in [0.15, 0.2) is 42.7 Å². The third-order valence-electron chi connectivity index (χ3n) is 6.07. The van der Waals surface area contributed by atoms with Gasteiger partial charge in [0.2, 0.25) is 5.95 Å². The van der Waals surface area contributed by atoms with Crippen molar-refractivity contribution in [2.24, 2.45) is 0 Å². The molecule has 1 aromatic carbocycles. The Kier molecular flexibility index (Phi) is 5.08. The van der Waals surface area contributed by atoms with Gasteiger partial charge < -0.3 is 4.79 Å². The minimum absolute atomic E-state index is 0.0654. The van der Waals surface area contributed by atoms with Crippen molar-refractivity contribution in [1.29, 1.82) is 0 Å². The summed E-state index contributed by atoms with van der Waals surface area (Å²) in [5, 5.41) is 1.69. The van der Waals surface area contributed by atoms with Crippen LogP contribution < -0.4 is 0 Å². The maximum absolute atomic E-state index is 13.0. The van der Waals surface area contributed by atoms with Crippen LogP contribution in [-0.4, -0.2) is 28.0 Å². The fourth-order valence-electron chi connectivity index (χ4n) is 3.23. The molecule has 142 valence electrons. The van der Waals surface area contributed by atoms with E-state index in [9.17, 15) is 4.79 Å². The largest absolute Gasteiger partial charge is 0.305 e. The van der Waals surface area contributed by atoms with Gasteiger partial charge in [-0.15, -0.1) is 0 Å². The summed E-state index contributed by atoms with van der Waals surface area (Å²) >= 11 is 0. The molecule has 0 aliphatic carbocycles. The fourth-order valence-corrected chi connectivity index (χ4v) is 4.82. The number of hydrogen-bond donors (Lipinski definition) is 0. The molecule has 0 amide bonds. The molecule has 3 aromatic rings. The van der Waals surface area contributed by atoms with E-state index in [-0.39, 0.29) is 5.04 Å². The second kappa shape index (κ2) is 7.04. The van der Waals surface area contributed by atoms with Crippen molar-refractivity contribution >= 4 is 24.4 Å². The van der Waals surface area contributed by atoms with Gasteiger partial charge in [0.15, 0.2) is 0 Å². The monoisotopic (exact) mass is 379 g/mol. The van der Waals surface area contributed by atoms with Gasteiger partial charge in [-0.3, -0.25) is 4.57 Å². The molecule has 0 aliphatic heterocycles. The molecule has 0 radical (unpaired) electrons. The molecule has 0 saturated heterocycles. The summed E-state index contributed by atoms with van der Waals surface area (Å²) in [6.45, 7) is 13.1. The summed E-state index contributed by atoms with van der Waals surface area (Å²) in [6, 6.07) is 10.3. The van der Waals surface area contributed by atoms with Crippen molar-refractivity contribution in [3.63, 3.8) is 0 Å². The summed E-state index contributed by atoms with van der Waals surface area (Å²) < 4.78 is 2.10. The molecule has 5 heteroatoms. The van der Waals surface area contributed by atoms with E-state index in [0.29, 0.717) is 24.2 Å². The van der Waals surface area contributed by atoms with Gasteiger partial charge in [0.25, 0.3) is 0 Å². The van der Waals surface area contributed by atoms with Crippen LogP contribution in [0.4, 0.5) is 0 Å². The summed E-state index contributed by atoms with van der Waals surface area (Å²) in [5.74, 6) is 0.660. The standard InChI is InChI=1S/C22H29N3OSi/c1-16-9-7-10-19-18(16)15-17(25(19)21-23-13-8-14-24-21)11-12-20(26)27(5,6)22(2,3)4/h7-10,13-15H,11-12H2,1-6H3. The van der Waals surface area contributed by atoms with Crippen LogP contribution in [0.3, 0.4) is 0 Å². The fraction of sp³-hybridized carbons (Fsp3) is 0.409. The van der Waals surface area contributed by atoms with Gasteiger partial charge in [-0.1, -0.05) is 46.0 Å². The van der Waals surface area contributed by atoms with Gasteiger partial charge in [0.1, 0.15) is 13.5 Å². The van der Waals surface area contributed by atoms with Gasteiger partial charge >= 0.3 is 0 Å². The first-order chi connectivity index (χ1) is 12.6. The summed E-state index contributed by atoms with van der Waals surface area (Å²) in [6.07, 6.45) is 4.79. The number of aryl methyl sites for hydroxylation is 2. The van der Waals surface area contributed by atoms with Crippen LogP contribution in [0.25, 0.3) is 16.9 Å². The maximum atomic E-state index is 13.0. The maximum Gasteiger partial charge on any atom is 0.234 e. The van der Waals surface area contributed by atoms with Crippen molar-refractivity contribution in [3.8, 4) is 5.95 Å². The average molecular weight is 380 g/mol. The van der Waals surface area contributed by atoms with Crippen molar-refractivity contribution in [3.05, 3.63) is 54.0 Å². The van der Waals surface area contributed by atoms with E-state index in [4.69, 9.17) is 0 Å². The van der Waals surface area contributed by atoms with Crippen molar-refractivity contribution in [2.45, 2.75) is 58.7 Å². The number of nitrogens with zero attached hydrogens (tertiary/aromatic N) is 3. The van der Waals surface area contributed by atoms with E-state index in [1.807, 2.05) is 6.07 Å². The van der Waals surface area contributed by atoms with Crippen molar-refractivity contribution in [1.82, 2.24) is 14.5 Å². The van der Waals surface area contributed by atoms with Crippen LogP contribution in [0.1, 0.15) is 38.4 Å². The van der Waals surface area contributed by atoms with Crippen molar-refractivity contribution < 1.29 is 4.79 Å². The number of hydrogen-bond acceptors (Lipinski definition) is 3. The smallest absolute Gasteiger partial charge is 0.234 e. The molecule has 0 unspecified atom stereocenters. The Bertz CT molecular complexity index is 968. The lowest BCUT2D eigenvalue weighted by molar-refractivity contribution is -0.112. The molecule has 0 atom stereocenters. The topological polar surface area (TPSA) is 47.8 Å². The minimum Gasteiger partial charge on any atom is -0.305 e. The zero-order valence-electron chi connectivity index (χ0n) is 17.2. The molecule has 0 N–H and O–H groups in total. The zero-order valence-corrected chi connectivity index (χ0v) is 18.2. The molecule has 27 heavy (non-hydrogen) atoms. The molecule has 0 saturated carbocycles. The third-order valence-corrected chi connectivity index (χ3v) is 11.5. The summed E-state index contributed by atoms with van der Waals surface area (Å²) in [5.41, 5.74) is 3.41. The zero-order chi connectivity index (χ0) is 19.8. The van der Waals surface area contributed by atoms with Gasteiger partial charge in [0.05, 0.1) is 5.52 Å². The molecule has 0 aliphatic rings.